The summed E-state index contributed by atoms with van der Waals surface area (Å²) in [7, 11) is 0. The molecule has 0 radical (unpaired) electrons. The molecule has 0 saturated heterocycles. The van der Waals surface area contributed by atoms with Crippen molar-refractivity contribution < 1.29 is 14.3 Å². The molecule has 0 amide bonds. The van der Waals surface area contributed by atoms with Crippen LogP contribution in [0, 0.1) is 5.92 Å². The van der Waals surface area contributed by atoms with E-state index in [2.05, 4.69) is 36.0 Å². The zero-order valence-electron chi connectivity index (χ0n) is 18.0. The van der Waals surface area contributed by atoms with E-state index in [1.54, 1.807) is 35.4 Å². The number of hydrogen-bond acceptors (Lipinski definition) is 7. The van der Waals surface area contributed by atoms with Crippen LogP contribution in [0.1, 0.15) is 37.3 Å². The van der Waals surface area contributed by atoms with Gasteiger partial charge < -0.3 is 10.8 Å². The second kappa shape index (κ2) is 9.05. The van der Waals surface area contributed by atoms with Gasteiger partial charge in [-0.3, -0.25) is 4.98 Å². The Morgan fingerprint density at radius 2 is 1.88 bits per heavy atom. The number of fused-ring (bicyclic) bond motifs is 1. The number of nitrogens with two attached hydrogens (primary N) is 1. The Labute approximate surface area is 202 Å². The van der Waals surface area contributed by atoms with Gasteiger partial charge in [-0.25, -0.2) is 24.1 Å². The molecule has 0 aliphatic heterocycles. The molecule has 1 fully saturated rings. The first kappa shape index (κ1) is 22.3. The number of pyridine rings is 1. The van der Waals surface area contributed by atoms with Crippen molar-refractivity contribution >= 4 is 33.4 Å². The van der Waals surface area contributed by atoms with Gasteiger partial charge in [0.15, 0.2) is 17.6 Å². The average molecular weight is 526 g/mol. The minimum absolute atomic E-state index is 0.0393. The summed E-state index contributed by atoms with van der Waals surface area (Å²) in [5.41, 5.74) is 10.00. The van der Waals surface area contributed by atoms with Crippen LogP contribution in [0.15, 0.2) is 47.5 Å². The molecule has 0 spiro atoms. The van der Waals surface area contributed by atoms with Crippen LogP contribution in [0.3, 0.4) is 0 Å². The lowest BCUT2D eigenvalue weighted by Gasteiger charge is -2.29. The van der Waals surface area contributed by atoms with E-state index in [9.17, 15) is 9.18 Å². The van der Waals surface area contributed by atoms with Gasteiger partial charge >= 0.3 is 5.97 Å². The van der Waals surface area contributed by atoms with Gasteiger partial charge in [-0.15, -0.1) is 0 Å². The summed E-state index contributed by atoms with van der Waals surface area (Å²) in [6, 6.07) is 5.50. The summed E-state index contributed by atoms with van der Waals surface area (Å²) in [4.78, 5) is 28.8. The zero-order chi connectivity index (χ0) is 23.8. The molecule has 5 rings (SSSR count). The highest BCUT2D eigenvalue weighted by molar-refractivity contribution is 9.10. The largest absolute Gasteiger partial charge is 0.479 e. The number of alkyl halides is 1. The van der Waals surface area contributed by atoms with E-state index in [1.165, 1.54) is 0 Å². The number of aliphatic carboxylic acids is 1. The molecular formula is C23H21BrFN7O2. The molecule has 0 bridgehead atoms. The van der Waals surface area contributed by atoms with Gasteiger partial charge in [-0.05, 0) is 53.7 Å². The van der Waals surface area contributed by atoms with Gasteiger partial charge in [-0.2, -0.15) is 9.61 Å². The number of nitrogen functional groups attached to an aromatic ring is 1. The fourth-order valence-corrected chi connectivity index (χ4v) is 5.07. The minimum Gasteiger partial charge on any atom is -0.479 e. The Kier molecular flexibility index (Phi) is 5.94. The number of rotatable bonds is 5. The Morgan fingerprint density at radius 3 is 2.53 bits per heavy atom. The predicted molar refractivity (Wildman–Crippen MR) is 127 cm³/mol. The van der Waals surface area contributed by atoms with Gasteiger partial charge in [0, 0.05) is 41.6 Å². The van der Waals surface area contributed by atoms with Crippen molar-refractivity contribution in [3.05, 3.63) is 53.2 Å². The van der Waals surface area contributed by atoms with Gasteiger partial charge in [0.05, 0.1) is 16.4 Å². The molecular weight excluding hydrogens is 505 g/mol. The van der Waals surface area contributed by atoms with Crippen LogP contribution in [0.4, 0.5) is 10.2 Å². The van der Waals surface area contributed by atoms with Crippen LogP contribution in [0.5, 0.6) is 0 Å². The van der Waals surface area contributed by atoms with E-state index in [1.807, 2.05) is 12.1 Å². The normalized spacial score (nSPS) is 19.2. The molecule has 1 aliphatic rings. The minimum atomic E-state index is -1.83. The molecule has 1 unspecified atom stereocenters. The van der Waals surface area contributed by atoms with E-state index >= 15 is 0 Å². The van der Waals surface area contributed by atoms with E-state index in [-0.39, 0.29) is 5.92 Å². The van der Waals surface area contributed by atoms with Crippen molar-refractivity contribution in [2.24, 2.45) is 5.92 Å². The highest BCUT2D eigenvalue weighted by Gasteiger charge is 2.34. The molecule has 4 aromatic rings. The second-order valence-corrected chi connectivity index (χ2v) is 9.14. The lowest BCUT2D eigenvalue weighted by atomic mass is 9.78. The first-order valence-electron chi connectivity index (χ1n) is 10.9. The van der Waals surface area contributed by atoms with Crippen molar-refractivity contribution in [1.82, 2.24) is 29.5 Å². The molecule has 174 valence electrons. The fourth-order valence-electron chi connectivity index (χ4n) is 4.49. The Balaban J connectivity index is 1.46. The SMILES string of the molecule is Nc1c(Br)c(C2CCC(C(F)C(=O)O)CC2)nc2c(-c3ccc(-c4ncccn4)nc3)cnn12. The highest BCUT2D eigenvalue weighted by atomic mass is 79.9. The number of carboxylic acids is 1. The average Bonchev–Trinajstić information content (AvgIpc) is 3.30. The van der Waals surface area contributed by atoms with E-state index < -0.39 is 18.1 Å². The summed E-state index contributed by atoms with van der Waals surface area (Å²) >= 11 is 3.56. The number of nitrogens with zero attached hydrogens (tertiary/aromatic N) is 6. The summed E-state index contributed by atoms with van der Waals surface area (Å²) in [6.45, 7) is 0. The van der Waals surface area contributed by atoms with Crippen molar-refractivity contribution in [1.29, 1.82) is 0 Å². The second-order valence-electron chi connectivity index (χ2n) is 8.35. The fraction of sp³-hybridized carbons (Fsp3) is 0.304. The van der Waals surface area contributed by atoms with Gasteiger partial charge in [0.25, 0.3) is 0 Å². The van der Waals surface area contributed by atoms with E-state index in [0.29, 0.717) is 53.1 Å². The maximum atomic E-state index is 14.0. The number of carboxylic acid groups (broad SMARTS) is 1. The molecule has 1 atom stereocenters. The topological polar surface area (TPSA) is 132 Å². The summed E-state index contributed by atoms with van der Waals surface area (Å²) in [6.07, 6.45) is 7.15. The van der Waals surface area contributed by atoms with Gasteiger partial charge in [0.1, 0.15) is 11.5 Å². The molecule has 1 aliphatic carbocycles. The van der Waals surface area contributed by atoms with Crippen molar-refractivity contribution in [2.45, 2.75) is 37.8 Å². The van der Waals surface area contributed by atoms with Crippen molar-refractivity contribution in [3.63, 3.8) is 0 Å². The van der Waals surface area contributed by atoms with E-state index in [0.717, 1.165) is 16.8 Å². The number of hydrogen-bond donors (Lipinski definition) is 2. The van der Waals surface area contributed by atoms with Crippen LogP contribution in [0.25, 0.3) is 28.3 Å². The third kappa shape index (κ3) is 4.00. The Bertz CT molecular complexity index is 1340. The number of anilines is 1. The van der Waals surface area contributed by atoms with Gasteiger partial charge in [-0.1, -0.05) is 6.07 Å². The van der Waals surface area contributed by atoms with E-state index in [4.69, 9.17) is 15.8 Å². The lowest BCUT2D eigenvalue weighted by molar-refractivity contribution is -0.145. The quantitative estimate of drug-likeness (QED) is 0.394. The number of carbonyl (C=O) groups is 1. The molecule has 0 aromatic carbocycles. The predicted octanol–water partition coefficient (Wildman–Crippen LogP) is 4.29. The first-order valence-corrected chi connectivity index (χ1v) is 11.7. The Morgan fingerprint density at radius 1 is 1.15 bits per heavy atom. The molecule has 11 heteroatoms. The summed E-state index contributed by atoms with van der Waals surface area (Å²) < 4.78 is 16.2. The van der Waals surface area contributed by atoms with Crippen LogP contribution in [-0.4, -0.2) is 46.8 Å². The zero-order valence-corrected chi connectivity index (χ0v) is 19.6. The summed E-state index contributed by atoms with van der Waals surface area (Å²) in [5, 5.41) is 13.4. The molecule has 34 heavy (non-hydrogen) atoms. The van der Waals surface area contributed by atoms with Crippen LogP contribution in [0.2, 0.25) is 0 Å². The lowest BCUT2D eigenvalue weighted by Crippen LogP contribution is -2.28. The van der Waals surface area contributed by atoms with Crippen LogP contribution >= 0.6 is 15.9 Å². The number of halogens is 2. The maximum absolute atomic E-state index is 14.0. The molecule has 4 heterocycles. The van der Waals surface area contributed by atoms with Crippen molar-refractivity contribution in [3.8, 4) is 22.6 Å². The smallest absolute Gasteiger partial charge is 0.338 e. The maximum Gasteiger partial charge on any atom is 0.338 e. The standard InChI is InChI=1S/C23H21BrFN7O2/c24-17-19(13-4-2-12(3-5-13)18(25)23(33)34)31-22-15(11-30-32(22)20(17)26)14-6-7-16(29-10-14)21-27-8-1-9-28-21/h1,6-13,18H,2-5,26H2,(H,33,34). The van der Waals surface area contributed by atoms with Crippen LogP contribution < -0.4 is 5.73 Å². The third-order valence-corrected chi connectivity index (χ3v) is 7.14. The Hall–Kier alpha value is -3.47. The van der Waals surface area contributed by atoms with Crippen molar-refractivity contribution in [2.75, 3.05) is 5.73 Å². The number of aromatic nitrogens is 6. The molecule has 1 saturated carbocycles. The summed E-state index contributed by atoms with van der Waals surface area (Å²) in [5.74, 6) is -0.869. The van der Waals surface area contributed by atoms with Crippen LogP contribution in [-0.2, 0) is 4.79 Å². The monoisotopic (exact) mass is 525 g/mol. The third-order valence-electron chi connectivity index (χ3n) is 6.33. The first-order chi connectivity index (χ1) is 16.4. The molecule has 3 N–H and O–H groups in total. The highest BCUT2D eigenvalue weighted by Crippen LogP contribution is 2.41. The van der Waals surface area contributed by atoms with Gasteiger partial charge in [0.2, 0.25) is 0 Å². The molecule has 9 nitrogen and oxygen atoms in total. The molecule has 4 aromatic heterocycles.